The monoisotopic (exact) mass is 241 g/mol. The maximum Gasteiger partial charge on any atom is 0.283 e. The third-order valence-electron chi connectivity index (χ3n) is 2.70. The number of nitro groups is 1. The van der Waals surface area contributed by atoms with Crippen molar-refractivity contribution < 1.29 is 9.72 Å². The van der Waals surface area contributed by atoms with Crippen molar-refractivity contribution in [2.45, 2.75) is 6.42 Å². The van der Waals surface area contributed by atoms with Crippen molar-refractivity contribution >= 4 is 12.0 Å². The molecule has 0 aliphatic rings. The van der Waals surface area contributed by atoms with Crippen LogP contribution in [0.2, 0.25) is 0 Å². The maximum absolute atomic E-state index is 11.0. The van der Waals surface area contributed by atoms with Gasteiger partial charge in [0.25, 0.3) is 5.69 Å². The van der Waals surface area contributed by atoms with Crippen molar-refractivity contribution in [2.24, 2.45) is 0 Å². The Morgan fingerprint density at radius 3 is 2.39 bits per heavy atom. The quantitative estimate of drug-likeness (QED) is 0.469. The molecule has 0 atom stereocenters. The number of para-hydroxylation sites is 1. The first-order valence-electron chi connectivity index (χ1n) is 5.47. The first-order chi connectivity index (χ1) is 8.72. The van der Waals surface area contributed by atoms with Crippen molar-refractivity contribution in [2.75, 3.05) is 0 Å². The average Bonchev–Trinajstić information content (AvgIpc) is 2.39. The zero-order valence-electron chi connectivity index (χ0n) is 9.58. The topological polar surface area (TPSA) is 60.2 Å². The van der Waals surface area contributed by atoms with Crippen LogP contribution < -0.4 is 0 Å². The van der Waals surface area contributed by atoms with Crippen molar-refractivity contribution in [3.05, 3.63) is 75.3 Å². The van der Waals surface area contributed by atoms with Crippen molar-refractivity contribution in [3.63, 3.8) is 0 Å². The van der Waals surface area contributed by atoms with Crippen molar-refractivity contribution in [1.29, 1.82) is 0 Å². The molecule has 18 heavy (non-hydrogen) atoms. The van der Waals surface area contributed by atoms with Crippen molar-refractivity contribution in [1.82, 2.24) is 0 Å². The molecule has 4 heteroatoms. The van der Waals surface area contributed by atoms with Gasteiger partial charge >= 0.3 is 0 Å². The lowest BCUT2D eigenvalue weighted by Crippen LogP contribution is -2.00. The zero-order valence-corrected chi connectivity index (χ0v) is 9.58. The van der Waals surface area contributed by atoms with E-state index in [-0.39, 0.29) is 11.3 Å². The molecule has 2 rings (SSSR count). The number of carbonyl (C=O) groups is 1. The van der Waals surface area contributed by atoms with Crippen LogP contribution in [0.15, 0.2) is 48.5 Å². The number of nitrogens with zero attached hydrogens (tertiary/aromatic N) is 1. The Balaban J connectivity index is 2.45. The van der Waals surface area contributed by atoms with Crippen LogP contribution in [-0.4, -0.2) is 11.2 Å². The summed E-state index contributed by atoms with van der Waals surface area (Å²) in [5.74, 6) is 0. The fraction of sp³-hybridized carbons (Fsp3) is 0.0714. The van der Waals surface area contributed by atoms with Crippen LogP contribution in [0.3, 0.4) is 0 Å². The molecule has 4 nitrogen and oxygen atoms in total. The normalized spacial score (nSPS) is 10.0. The Kier molecular flexibility index (Phi) is 3.48. The summed E-state index contributed by atoms with van der Waals surface area (Å²) < 4.78 is 0. The Morgan fingerprint density at radius 1 is 1.06 bits per heavy atom. The molecular formula is C14H11NO3. The van der Waals surface area contributed by atoms with Gasteiger partial charge in [-0.15, -0.1) is 0 Å². The summed E-state index contributed by atoms with van der Waals surface area (Å²) in [5, 5.41) is 11.0. The second kappa shape index (κ2) is 5.23. The Bertz CT molecular complexity index is 579. The van der Waals surface area contributed by atoms with E-state index in [1.807, 2.05) is 30.3 Å². The Labute approximate surface area is 104 Å². The van der Waals surface area contributed by atoms with Gasteiger partial charge in [0.15, 0.2) is 6.29 Å². The summed E-state index contributed by atoms with van der Waals surface area (Å²) in [5.41, 5.74) is 1.55. The lowest BCUT2D eigenvalue weighted by Gasteiger charge is -2.04. The molecule has 0 aliphatic carbocycles. The number of rotatable bonds is 4. The second-order valence-corrected chi connectivity index (χ2v) is 3.89. The summed E-state index contributed by atoms with van der Waals surface area (Å²) in [6.45, 7) is 0. The summed E-state index contributed by atoms with van der Waals surface area (Å²) in [6, 6.07) is 14.2. The highest BCUT2D eigenvalue weighted by Crippen LogP contribution is 2.24. The first-order valence-corrected chi connectivity index (χ1v) is 5.47. The minimum atomic E-state index is -0.498. The largest absolute Gasteiger partial charge is 0.298 e. The molecule has 90 valence electrons. The molecule has 0 fully saturated rings. The van der Waals surface area contributed by atoms with Crippen LogP contribution in [0.5, 0.6) is 0 Å². The third kappa shape index (κ3) is 2.43. The van der Waals surface area contributed by atoms with Gasteiger partial charge in [-0.05, 0) is 11.6 Å². The molecule has 0 heterocycles. The fourth-order valence-electron chi connectivity index (χ4n) is 1.89. The van der Waals surface area contributed by atoms with Gasteiger partial charge in [0.2, 0.25) is 0 Å². The fourth-order valence-corrected chi connectivity index (χ4v) is 1.89. The highest BCUT2D eigenvalue weighted by molar-refractivity contribution is 5.82. The van der Waals surface area contributed by atoms with Crippen molar-refractivity contribution in [3.8, 4) is 0 Å². The van der Waals surface area contributed by atoms with Crippen LogP contribution >= 0.6 is 0 Å². The van der Waals surface area contributed by atoms with Crippen LogP contribution in [0.4, 0.5) is 5.69 Å². The number of benzene rings is 2. The lowest BCUT2D eigenvalue weighted by molar-refractivity contribution is -0.385. The van der Waals surface area contributed by atoms with Gasteiger partial charge in [0.05, 0.1) is 10.5 Å². The SMILES string of the molecule is O=Cc1cccc(Cc2ccccc2)c1[N+](=O)[O-]. The van der Waals surface area contributed by atoms with E-state index < -0.39 is 4.92 Å². The van der Waals surface area contributed by atoms with Crippen LogP contribution in [0.25, 0.3) is 0 Å². The third-order valence-corrected chi connectivity index (χ3v) is 2.70. The van der Waals surface area contributed by atoms with Gasteiger partial charge in [-0.25, -0.2) is 0 Å². The molecule has 0 bridgehead atoms. The predicted octanol–water partition coefficient (Wildman–Crippen LogP) is 3.00. The predicted molar refractivity (Wildman–Crippen MR) is 67.7 cm³/mol. The summed E-state index contributed by atoms with van der Waals surface area (Å²) >= 11 is 0. The number of carbonyl (C=O) groups excluding carboxylic acids is 1. The minimum absolute atomic E-state index is 0.101. The van der Waals surface area contributed by atoms with E-state index in [9.17, 15) is 14.9 Å². The molecule has 2 aromatic rings. The van der Waals surface area contributed by atoms with Gasteiger partial charge < -0.3 is 0 Å². The molecule has 0 N–H and O–H groups in total. The van der Waals surface area contributed by atoms with E-state index in [4.69, 9.17) is 0 Å². The molecular weight excluding hydrogens is 230 g/mol. The lowest BCUT2D eigenvalue weighted by atomic mass is 10.0. The minimum Gasteiger partial charge on any atom is -0.298 e. The van der Waals surface area contributed by atoms with Crippen LogP contribution in [0.1, 0.15) is 21.5 Å². The molecule has 0 amide bonds. The standard InChI is InChI=1S/C14H11NO3/c16-10-13-8-4-7-12(14(13)15(17)18)9-11-5-2-1-3-6-11/h1-8,10H,9H2. The van der Waals surface area contributed by atoms with E-state index in [1.54, 1.807) is 12.1 Å². The highest BCUT2D eigenvalue weighted by Gasteiger charge is 2.18. The molecule has 2 aromatic carbocycles. The van der Waals surface area contributed by atoms with E-state index in [2.05, 4.69) is 0 Å². The molecule has 0 saturated heterocycles. The molecule has 0 aliphatic heterocycles. The van der Waals surface area contributed by atoms with Gasteiger partial charge in [0.1, 0.15) is 0 Å². The summed E-state index contributed by atoms with van der Waals surface area (Å²) in [6.07, 6.45) is 0.964. The van der Waals surface area contributed by atoms with E-state index >= 15 is 0 Å². The van der Waals surface area contributed by atoms with E-state index in [0.717, 1.165) is 5.56 Å². The number of nitro benzene ring substituents is 1. The smallest absolute Gasteiger partial charge is 0.283 e. The summed E-state index contributed by atoms with van der Waals surface area (Å²) in [4.78, 5) is 21.4. The zero-order chi connectivity index (χ0) is 13.0. The van der Waals surface area contributed by atoms with Gasteiger partial charge in [-0.2, -0.15) is 0 Å². The number of aldehydes is 1. The molecule has 0 spiro atoms. The number of hydrogen-bond donors (Lipinski definition) is 0. The van der Waals surface area contributed by atoms with E-state index in [0.29, 0.717) is 18.3 Å². The van der Waals surface area contributed by atoms with E-state index in [1.165, 1.54) is 6.07 Å². The Hall–Kier alpha value is -2.49. The van der Waals surface area contributed by atoms with Crippen LogP contribution in [-0.2, 0) is 6.42 Å². The molecule has 0 aromatic heterocycles. The van der Waals surface area contributed by atoms with Crippen LogP contribution in [0, 0.1) is 10.1 Å². The first kappa shape index (κ1) is 12.0. The summed E-state index contributed by atoms with van der Waals surface area (Å²) in [7, 11) is 0. The number of hydrogen-bond acceptors (Lipinski definition) is 3. The van der Waals surface area contributed by atoms with Gasteiger partial charge in [0, 0.05) is 12.0 Å². The molecule has 0 unspecified atom stereocenters. The highest BCUT2D eigenvalue weighted by atomic mass is 16.6. The average molecular weight is 241 g/mol. The van der Waals surface area contributed by atoms with Gasteiger partial charge in [-0.3, -0.25) is 14.9 Å². The van der Waals surface area contributed by atoms with Gasteiger partial charge in [-0.1, -0.05) is 42.5 Å². The Morgan fingerprint density at radius 2 is 1.78 bits per heavy atom. The maximum atomic E-state index is 11.0. The second-order valence-electron chi connectivity index (χ2n) is 3.89. The molecule has 0 radical (unpaired) electrons. The molecule has 0 saturated carbocycles.